The Bertz CT molecular complexity index is 1220. The number of rotatable bonds is 5. The van der Waals surface area contributed by atoms with E-state index in [0.717, 1.165) is 74.2 Å². The Kier molecular flexibility index (Phi) is 7.56. The Morgan fingerprint density at radius 3 is 2.47 bits per heavy atom. The molecule has 2 aliphatic rings. The number of aryl methyl sites for hydroxylation is 2. The molecule has 8 heteroatoms. The van der Waals surface area contributed by atoms with Gasteiger partial charge in [0.15, 0.2) is 0 Å². The van der Waals surface area contributed by atoms with Crippen molar-refractivity contribution in [3.05, 3.63) is 69.5 Å². The van der Waals surface area contributed by atoms with Gasteiger partial charge in [0.2, 0.25) is 11.8 Å². The van der Waals surface area contributed by atoms with Crippen LogP contribution in [0.1, 0.15) is 29.9 Å². The first kappa shape index (κ1) is 25.1. The molecule has 3 heterocycles. The molecule has 1 aromatic heterocycles. The summed E-state index contributed by atoms with van der Waals surface area (Å²) in [6.07, 6.45) is 1.95. The summed E-state index contributed by atoms with van der Waals surface area (Å²) in [6, 6.07) is 13.5. The summed E-state index contributed by atoms with van der Waals surface area (Å²) in [5.41, 5.74) is 4.22. The standard InChI is InChI=1S/C28H32Cl2N4O2/c1-19-5-8-24(30)16-26(19)33-12-14-34(15-13-33)28(35)22-4-3-11-32(17-22)18-25-20(2)36-27(31-25)21-6-9-23(29)10-7-21/h5-10,16,22H,3-4,11-15,17-18H2,1-2H3/t22-/m0/s1. The van der Waals surface area contributed by atoms with Crippen molar-refractivity contribution in [3.63, 3.8) is 0 Å². The van der Waals surface area contributed by atoms with Crippen molar-refractivity contribution in [2.45, 2.75) is 33.2 Å². The number of halogens is 2. The average Bonchev–Trinajstić information content (AvgIpc) is 3.25. The fraction of sp³-hybridized carbons (Fsp3) is 0.429. The topological polar surface area (TPSA) is 52.8 Å². The van der Waals surface area contributed by atoms with E-state index in [9.17, 15) is 4.79 Å². The third kappa shape index (κ3) is 5.56. The van der Waals surface area contributed by atoms with Crippen LogP contribution in [0.5, 0.6) is 0 Å². The molecule has 190 valence electrons. The van der Waals surface area contributed by atoms with Gasteiger partial charge in [-0.1, -0.05) is 29.3 Å². The minimum atomic E-state index is 0.0288. The number of nitrogens with zero attached hydrogens (tertiary/aromatic N) is 4. The molecule has 2 fully saturated rings. The third-order valence-electron chi connectivity index (χ3n) is 7.32. The molecule has 0 N–H and O–H groups in total. The number of piperazine rings is 1. The van der Waals surface area contributed by atoms with Gasteiger partial charge in [0.25, 0.3) is 0 Å². The number of piperidine rings is 1. The van der Waals surface area contributed by atoms with Crippen molar-refractivity contribution in [1.29, 1.82) is 0 Å². The molecular weight excluding hydrogens is 495 g/mol. The molecule has 6 nitrogen and oxygen atoms in total. The maximum atomic E-state index is 13.4. The molecule has 0 aliphatic carbocycles. The van der Waals surface area contributed by atoms with Gasteiger partial charge >= 0.3 is 0 Å². The molecule has 2 saturated heterocycles. The van der Waals surface area contributed by atoms with E-state index in [1.54, 1.807) is 0 Å². The summed E-state index contributed by atoms with van der Waals surface area (Å²) >= 11 is 12.2. The summed E-state index contributed by atoms with van der Waals surface area (Å²) in [6.45, 7) is 9.62. The zero-order chi connectivity index (χ0) is 25.2. The van der Waals surface area contributed by atoms with Gasteiger partial charge in [-0.15, -0.1) is 0 Å². The first-order valence-corrected chi connectivity index (χ1v) is 13.4. The predicted octanol–water partition coefficient (Wildman–Crippen LogP) is 5.83. The molecule has 0 unspecified atom stereocenters. The van der Waals surface area contributed by atoms with Gasteiger partial charge in [0.05, 0.1) is 11.6 Å². The maximum Gasteiger partial charge on any atom is 0.227 e. The minimum absolute atomic E-state index is 0.0288. The second-order valence-corrected chi connectivity index (χ2v) is 10.7. The second kappa shape index (κ2) is 10.8. The van der Waals surface area contributed by atoms with Gasteiger partial charge in [-0.3, -0.25) is 9.69 Å². The van der Waals surface area contributed by atoms with E-state index < -0.39 is 0 Å². The summed E-state index contributed by atoms with van der Waals surface area (Å²) in [5.74, 6) is 1.74. The van der Waals surface area contributed by atoms with Crippen molar-refractivity contribution in [1.82, 2.24) is 14.8 Å². The van der Waals surface area contributed by atoms with Crippen molar-refractivity contribution in [2.24, 2.45) is 5.92 Å². The molecular formula is C28H32Cl2N4O2. The lowest BCUT2D eigenvalue weighted by molar-refractivity contribution is -0.137. The van der Waals surface area contributed by atoms with Crippen molar-refractivity contribution in [2.75, 3.05) is 44.2 Å². The lowest BCUT2D eigenvalue weighted by atomic mass is 9.96. The van der Waals surface area contributed by atoms with E-state index in [2.05, 4.69) is 22.8 Å². The lowest BCUT2D eigenvalue weighted by Crippen LogP contribution is -2.52. The third-order valence-corrected chi connectivity index (χ3v) is 7.80. The largest absolute Gasteiger partial charge is 0.441 e. The number of aromatic nitrogens is 1. The van der Waals surface area contributed by atoms with Crippen LogP contribution in [0.25, 0.3) is 11.5 Å². The molecule has 36 heavy (non-hydrogen) atoms. The molecule has 2 aliphatic heterocycles. The number of likely N-dealkylation sites (tertiary alicyclic amines) is 1. The summed E-state index contributed by atoms with van der Waals surface area (Å²) < 4.78 is 5.94. The van der Waals surface area contributed by atoms with Crippen LogP contribution in [-0.4, -0.2) is 60.0 Å². The van der Waals surface area contributed by atoms with Crippen LogP contribution in [0.4, 0.5) is 5.69 Å². The van der Waals surface area contributed by atoms with E-state index in [1.807, 2.05) is 48.2 Å². The van der Waals surface area contributed by atoms with Crippen LogP contribution >= 0.6 is 23.2 Å². The van der Waals surface area contributed by atoms with E-state index in [1.165, 1.54) is 11.3 Å². The SMILES string of the molecule is Cc1ccc(Cl)cc1N1CCN(C(=O)[C@H]2CCCN(Cc3nc(-c4ccc(Cl)cc4)oc3C)C2)CC1. The van der Waals surface area contributed by atoms with Crippen molar-refractivity contribution in [3.8, 4) is 11.5 Å². The first-order chi connectivity index (χ1) is 17.4. The van der Waals surface area contributed by atoms with Gasteiger partial charge < -0.3 is 14.2 Å². The molecule has 5 rings (SSSR count). The van der Waals surface area contributed by atoms with E-state index in [4.69, 9.17) is 32.6 Å². The highest BCUT2D eigenvalue weighted by atomic mass is 35.5. The van der Waals surface area contributed by atoms with Crippen LogP contribution in [-0.2, 0) is 11.3 Å². The smallest absolute Gasteiger partial charge is 0.227 e. The molecule has 3 aromatic rings. The fourth-order valence-corrected chi connectivity index (χ4v) is 5.54. The Morgan fingerprint density at radius 1 is 1.00 bits per heavy atom. The molecule has 2 aromatic carbocycles. The van der Waals surface area contributed by atoms with E-state index >= 15 is 0 Å². The molecule has 0 spiro atoms. The molecule has 0 saturated carbocycles. The van der Waals surface area contributed by atoms with Crippen LogP contribution < -0.4 is 4.90 Å². The molecule has 0 radical (unpaired) electrons. The second-order valence-electron chi connectivity index (χ2n) is 9.85. The van der Waals surface area contributed by atoms with Gasteiger partial charge in [-0.25, -0.2) is 4.98 Å². The Balaban J connectivity index is 1.18. The zero-order valence-electron chi connectivity index (χ0n) is 20.8. The highest BCUT2D eigenvalue weighted by molar-refractivity contribution is 6.31. The minimum Gasteiger partial charge on any atom is -0.441 e. The number of anilines is 1. The fourth-order valence-electron chi connectivity index (χ4n) is 5.25. The predicted molar refractivity (Wildman–Crippen MR) is 145 cm³/mol. The quantitative estimate of drug-likeness (QED) is 0.418. The monoisotopic (exact) mass is 526 g/mol. The highest BCUT2D eigenvalue weighted by Gasteiger charge is 2.32. The van der Waals surface area contributed by atoms with Crippen molar-refractivity contribution >= 4 is 34.8 Å². The number of hydrogen-bond acceptors (Lipinski definition) is 5. The average molecular weight is 527 g/mol. The van der Waals surface area contributed by atoms with Crippen LogP contribution in [0.2, 0.25) is 10.0 Å². The van der Waals surface area contributed by atoms with Gasteiger partial charge in [0, 0.05) is 60.6 Å². The normalized spacial score (nSPS) is 19.1. The number of carbonyl (C=O) groups is 1. The summed E-state index contributed by atoms with van der Waals surface area (Å²) in [7, 11) is 0. The van der Waals surface area contributed by atoms with E-state index in [0.29, 0.717) is 17.5 Å². The number of carbonyl (C=O) groups excluding carboxylic acids is 1. The van der Waals surface area contributed by atoms with Gasteiger partial charge in [-0.05, 0) is 75.2 Å². The Labute approximate surface area is 222 Å². The summed E-state index contributed by atoms with van der Waals surface area (Å²) in [4.78, 5) is 24.9. The Morgan fingerprint density at radius 2 is 1.72 bits per heavy atom. The number of amides is 1. The van der Waals surface area contributed by atoms with Gasteiger partial charge in [-0.2, -0.15) is 0 Å². The number of benzene rings is 2. The van der Waals surface area contributed by atoms with Gasteiger partial charge in [0.1, 0.15) is 5.76 Å². The van der Waals surface area contributed by atoms with Crippen molar-refractivity contribution < 1.29 is 9.21 Å². The summed E-state index contributed by atoms with van der Waals surface area (Å²) in [5, 5.41) is 1.44. The number of oxazole rings is 1. The highest BCUT2D eigenvalue weighted by Crippen LogP contribution is 2.28. The zero-order valence-corrected chi connectivity index (χ0v) is 22.4. The number of hydrogen-bond donors (Lipinski definition) is 0. The van der Waals surface area contributed by atoms with Crippen LogP contribution in [0.15, 0.2) is 46.9 Å². The van der Waals surface area contributed by atoms with Crippen LogP contribution in [0, 0.1) is 19.8 Å². The maximum absolute atomic E-state index is 13.4. The molecule has 0 bridgehead atoms. The van der Waals surface area contributed by atoms with Crippen LogP contribution in [0.3, 0.4) is 0 Å². The molecule has 1 atom stereocenters. The first-order valence-electron chi connectivity index (χ1n) is 12.6. The Hall–Kier alpha value is -2.54. The lowest BCUT2D eigenvalue weighted by Gasteiger charge is -2.40. The molecule has 1 amide bonds. The van der Waals surface area contributed by atoms with E-state index in [-0.39, 0.29) is 11.8 Å².